The first-order chi connectivity index (χ1) is 5.74. The van der Waals surface area contributed by atoms with E-state index in [-0.39, 0.29) is 5.92 Å². The van der Waals surface area contributed by atoms with Crippen molar-refractivity contribution in [3.8, 4) is 6.07 Å². The Morgan fingerprint density at radius 2 is 2.58 bits per heavy atom. The van der Waals surface area contributed by atoms with Gasteiger partial charge in [0.15, 0.2) is 5.60 Å². The number of rotatable bonds is 0. The summed E-state index contributed by atoms with van der Waals surface area (Å²) in [7, 11) is 0. The molecule has 2 aliphatic carbocycles. The average Bonchev–Trinajstić information content (AvgIpc) is 2.54. The van der Waals surface area contributed by atoms with Crippen LogP contribution in [0.3, 0.4) is 0 Å². The Hall–Kier alpha value is -1.33. The van der Waals surface area contributed by atoms with Crippen LogP contribution in [-0.2, 0) is 0 Å². The van der Waals surface area contributed by atoms with E-state index >= 15 is 0 Å². The van der Waals surface area contributed by atoms with E-state index < -0.39 is 5.60 Å². The van der Waals surface area contributed by atoms with Crippen molar-refractivity contribution < 1.29 is 5.11 Å². The van der Waals surface area contributed by atoms with E-state index in [1.165, 1.54) is 0 Å². The van der Waals surface area contributed by atoms with Gasteiger partial charge < -0.3 is 5.11 Å². The van der Waals surface area contributed by atoms with Crippen molar-refractivity contribution in [3.63, 3.8) is 0 Å². The SMILES string of the molecule is C=C1C2C=CC3=C([N+]#CC3)C12O. The van der Waals surface area contributed by atoms with E-state index in [1.807, 2.05) is 12.2 Å². The van der Waals surface area contributed by atoms with Crippen LogP contribution in [0.15, 0.2) is 35.6 Å². The van der Waals surface area contributed by atoms with Crippen molar-refractivity contribution >= 4 is 0 Å². The third kappa shape index (κ3) is 0.450. The maximum absolute atomic E-state index is 10.0. The molecule has 1 saturated carbocycles. The molecule has 1 N–H and O–H groups in total. The van der Waals surface area contributed by atoms with Gasteiger partial charge in [-0.2, -0.15) is 0 Å². The Kier molecular flexibility index (Phi) is 0.802. The fourth-order valence-corrected chi connectivity index (χ4v) is 2.00. The van der Waals surface area contributed by atoms with Crippen molar-refractivity contribution in [1.82, 2.24) is 0 Å². The molecule has 1 heterocycles. The van der Waals surface area contributed by atoms with Crippen LogP contribution in [0.1, 0.15) is 6.42 Å². The van der Waals surface area contributed by atoms with Crippen molar-refractivity contribution in [3.05, 3.63) is 40.4 Å². The van der Waals surface area contributed by atoms with Gasteiger partial charge in [0, 0.05) is 5.92 Å². The first-order valence-corrected chi connectivity index (χ1v) is 4.01. The molecule has 0 amide bonds. The highest BCUT2D eigenvalue weighted by Gasteiger charge is 2.67. The molecule has 0 radical (unpaired) electrons. The van der Waals surface area contributed by atoms with Gasteiger partial charge in [-0.15, -0.1) is 0 Å². The van der Waals surface area contributed by atoms with Crippen LogP contribution in [-0.4, -0.2) is 10.7 Å². The minimum Gasteiger partial charge on any atom is -0.373 e. The van der Waals surface area contributed by atoms with E-state index in [0.717, 1.165) is 23.3 Å². The summed E-state index contributed by atoms with van der Waals surface area (Å²) >= 11 is 0. The molecule has 2 nitrogen and oxygen atoms in total. The Bertz CT molecular complexity index is 419. The number of hydrogen-bond donors (Lipinski definition) is 1. The molecule has 2 heteroatoms. The second-order valence-corrected chi connectivity index (χ2v) is 3.45. The van der Waals surface area contributed by atoms with Gasteiger partial charge in [0.05, 0.1) is 5.57 Å². The predicted octanol–water partition coefficient (Wildman–Crippen LogP) is 1.46. The molecular formula is C10H8NO+. The zero-order valence-corrected chi connectivity index (χ0v) is 6.54. The number of fused-ring (bicyclic) bond motifs is 2. The topological polar surface area (TPSA) is 24.6 Å². The molecule has 0 spiro atoms. The molecule has 3 aliphatic rings. The summed E-state index contributed by atoms with van der Waals surface area (Å²) in [5.74, 6) is 0.111. The lowest BCUT2D eigenvalue weighted by molar-refractivity contribution is 0.190. The lowest BCUT2D eigenvalue weighted by Gasteiger charge is -2.03. The third-order valence-electron chi connectivity index (χ3n) is 2.85. The number of aliphatic hydroxyl groups is 1. The quantitative estimate of drug-likeness (QED) is 0.530. The van der Waals surface area contributed by atoms with E-state index in [0.29, 0.717) is 0 Å². The van der Waals surface area contributed by atoms with E-state index in [9.17, 15) is 5.11 Å². The lowest BCUT2D eigenvalue weighted by atomic mass is 10.0. The molecule has 0 aromatic rings. The molecule has 0 bridgehead atoms. The second kappa shape index (κ2) is 1.55. The zero-order chi connectivity index (χ0) is 8.34. The molecule has 1 fully saturated rings. The van der Waals surface area contributed by atoms with Crippen LogP contribution < -0.4 is 0 Å². The Morgan fingerprint density at radius 3 is 3.42 bits per heavy atom. The van der Waals surface area contributed by atoms with Gasteiger partial charge in [-0.3, -0.25) is 0 Å². The van der Waals surface area contributed by atoms with Crippen LogP contribution in [0.2, 0.25) is 0 Å². The van der Waals surface area contributed by atoms with Gasteiger partial charge in [0.2, 0.25) is 0 Å². The molecule has 12 heavy (non-hydrogen) atoms. The highest BCUT2D eigenvalue weighted by molar-refractivity contribution is 5.64. The zero-order valence-electron chi connectivity index (χ0n) is 6.54. The molecular weight excluding hydrogens is 150 g/mol. The summed E-state index contributed by atoms with van der Waals surface area (Å²) in [5, 5.41) is 10.0. The summed E-state index contributed by atoms with van der Waals surface area (Å²) in [5.41, 5.74) is 1.91. The highest BCUT2D eigenvalue weighted by atomic mass is 16.3. The summed E-state index contributed by atoms with van der Waals surface area (Å²) in [6, 6.07) is 2.87. The highest BCUT2D eigenvalue weighted by Crippen LogP contribution is 2.58. The first kappa shape index (κ1) is 6.22. The molecule has 3 rings (SSSR count). The number of allylic oxidation sites excluding steroid dienone is 2. The third-order valence-corrected chi connectivity index (χ3v) is 2.85. The fraction of sp³-hybridized carbons (Fsp3) is 0.300. The molecule has 2 unspecified atom stereocenters. The van der Waals surface area contributed by atoms with Crippen LogP contribution in [0.25, 0.3) is 4.85 Å². The minimum absolute atomic E-state index is 0.111. The Balaban J connectivity index is 2.24. The van der Waals surface area contributed by atoms with Gasteiger partial charge in [-0.25, -0.2) is 0 Å². The van der Waals surface area contributed by atoms with Gasteiger partial charge in [-0.1, -0.05) is 18.7 Å². The minimum atomic E-state index is -0.826. The normalized spacial score (nSPS) is 40.4. The Labute approximate surface area is 70.3 Å². The van der Waals surface area contributed by atoms with Gasteiger partial charge in [0.25, 0.3) is 6.07 Å². The lowest BCUT2D eigenvalue weighted by Crippen LogP contribution is -2.15. The van der Waals surface area contributed by atoms with Gasteiger partial charge >= 0.3 is 5.70 Å². The van der Waals surface area contributed by atoms with E-state index in [4.69, 9.17) is 0 Å². The predicted molar refractivity (Wildman–Crippen MR) is 45.6 cm³/mol. The molecule has 2 atom stereocenters. The van der Waals surface area contributed by atoms with E-state index in [1.54, 1.807) is 0 Å². The molecule has 58 valence electrons. The molecule has 0 saturated heterocycles. The van der Waals surface area contributed by atoms with E-state index in [2.05, 4.69) is 17.5 Å². The van der Waals surface area contributed by atoms with Crippen molar-refractivity contribution in [1.29, 1.82) is 0 Å². The maximum Gasteiger partial charge on any atom is 0.357 e. The smallest absolute Gasteiger partial charge is 0.357 e. The monoisotopic (exact) mass is 158 g/mol. The number of hydrogen-bond acceptors (Lipinski definition) is 1. The van der Waals surface area contributed by atoms with Gasteiger partial charge in [-0.05, 0) is 10.4 Å². The van der Waals surface area contributed by atoms with Crippen LogP contribution in [0.5, 0.6) is 0 Å². The largest absolute Gasteiger partial charge is 0.373 e. The molecule has 1 aliphatic heterocycles. The molecule has 0 aromatic carbocycles. The second-order valence-electron chi connectivity index (χ2n) is 3.45. The van der Waals surface area contributed by atoms with Crippen LogP contribution in [0.4, 0.5) is 0 Å². The van der Waals surface area contributed by atoms with Crippen LogP contribution >= 0.6 is 0 Å². The average molecular weight is 158 g/mol. The summed E-state index contributed by atoms with van der Waals surface area (Å²) in [6.07, 6.45) is 4.76. The fourth-order valence-electron chi connectivity index (χ4n) is 2.00. The summed E-state index contributed by atoms with van der Waals surface area (Å²) in [4.78, 5) is 4.07. The van der Waals surface area contributed by atoms with Crippen molar-refractivity contribution in [2.45, 2.75) is 12.0 Å². The Morgan fingerprint density at radius 1 is 1.75 bits per heavy atom. The molecule has 0 aromatic heterocycles. The van der Waals surface area contributed by atoms with Crippen molar-refractivity contribution in [2.75, 3.05) is 0 Å². The maximum atomic E-state index is 10.0. The van der Waals surface area contributed by atoms with Gasteiger partial charge in [0.1, 0.15) is 6.42 Å². The first-order valence-electron chi connectivity index (χ1n) is 4.01. The number of nitrogens with zero attached hydrogens (tertiary/aromatic N) is 1. The van der Waals surface area contributed by atoms with Crippen LogP contribution in [0, 0.1) is 12.0 Å². The van der Waals surface area contributed by atoms with Crippen molar-refractivity contribution in [2.24, 2.45) is 5.92 Å². The summed E-state index contributed by atoms with van der Waals surface area (Å²) in [6.45, 7) is 3.82. The standard InChI is InChI=1S/C10H8NO/c1-6-8-3-2-7-4-5-11-9(7)10(6,8)12/h2-3,8,12H,1,4H2/q+1. The summed E-state index contributed by atoms with van der Waals surface area (Å²) < 4.78 is 0.